The van der Waals surface area contributed by atoms with Crippen molar-refractivity contribution in [2.75, 3.05) is 19.0 Å². The maximum Gasteiger partial charge on any atom is 0.185 e. The van der Waals surface area contributed by atoms with Gasteiger partial charge in [0.2, 0.25) is 0 Å². The lowest BCUT2D eigenvalue weighted by Gasteiger charge is -2.20. The van der Waals surface area contributed by atoms with Crippen molar-refractivity contribution in [2.24, 2.45) is 0 Å². The predicted octanol–water partition coefficient (Wildman–Crippen LogP) is 2.27. The van der Waals surface area contributed by atoms with Gasteiger partial charge in [-0.15, -0.1) is 11.3 Å². The highest BCUT2D eigenvalue weighted by molar-refractivity contribution is 7.13. The third-order valence-corrected chi connectivity index (χ3v) is 3.41. The van der Waals surface area contributed by atoms with E-state index in [1.165, 1.54) is 0 Å². The molecule has 0 aliphatic carbocycles. The van der Waals surface area contributed by atoms with Gasteiger partial charge in [0.1, 0.15) is 0 Å². The highest BCUT2D eigenvalue weighted by Crippen LogP contribution is 2.24. The first-order valence-corrected chi connectivity index (χ1v) is 5.79. The number of aromatic nitrogens is 1. The molecule has 1 heterocycles. The number of hydrogen-bond donors (Lipinski definition) is 1. The Bertz CT molecular complexity index is 283. The summed E-state index contributed by atoms with van der Waals surface area (Å²) in [4.78, 5) is 6.78. The monoisotopic (exact) mass is 213 g/mol. The summed E-state index contributed by atoms with van der Waals surface area (Å²) in [5, 5.41) is 6.40. The standard InChI is InChI=1S/C10H19N3S/c1-7(2)13(5)10-12-9(6-14-10)8(3)11-4/h6-8,11H,1-5H3. The molecule has 0 aliphatic rings. The Morgan fingerprint density at radius 3 is 2.57 bits per heavy atom. The minimum absolute atomic E-state index is 0.334. The molecular weight excluding hydrogens is 194 g/mol. The second kappa shape index (κ2) is 4.75. The van der Waals surface area contributed by atoms with E-state index < -0.39 is 0 Å². The zero-order chi connectivity index (χ0) is 10.7. The lowest BCUT2D eigenvalue weighted by atomic mass is 10.3. The van der Waals surface area contributed by atoms with Crippen LogP contribution in [-0.2, 0) is 0 Å². The van der Waals surface area contributed by atoms with E-state index in [9.17, 15) is 0 Å². The van der Waals surface area contributed by atoms with Crippen molar-refractivity contribution >= 4 is 16.5 Å². The Labute approximate surface area is 90.2 Å². The predicted molar refractivity (Wildman–Crippen MR) is 63.1 cm³/mol. The van der Waals surface area contributed by atoms with Crippen LogP contribution in [0.15, 0.2) is 5.38 Å². The van der Waals surface area contributed by atoms with Crippen LogP contribution in [0.3, 0.4) is 0 Å². The summed E-state index contributed by atoms with van der Waals surface area (Å²) in [7, 11) is 4.03. The van der Waals surface area contributed by atoms with E-state index in [2.05, 4.69) is 48.4 Å². The van der Waals surface area contributed by atoms with Crippen LogP contribution in [0.2, 0.25) is 0 Å². The van der Waals surface area contributed by atoms with E-state index in [0.717, 1.165) is 10.8 Å². The van der Waals surface area contributed by atoms with Gasteiger partial charge in [-0.05, 0) is 27.8 Å². The second-order valence-electron chi connectivity index (χ2n) is 3.77. The number of hydrogen-bond acceptors (Lipinski definition) is 4. The molecule has 80 valence electrons. The normalized spacial score (nSPS) is 13.3. The van der Waals surface area contributed by atoms with Crippen molar-refractivity contribution in [3.63, 3.8) is 0 Å². The smallest absolute Gasteiger partial charge is 0.185 e. The van der Waals surface area contributed by atoms with Gasteiger partial charge in [-0.2, -0.15) is 0 Å². The van der Waals surface area contributed by atoms with E-state index in [0.29, 0.717) is 12.1 Å². The van der Waals surface area contributed by atoms with Crippen LogP contribution < -0.4 is 10.2 Å². The molecule has 0 spiro atoms. The van der Waals surface area contributed by atoms with Gasteiger partial charge in [0.25, 0.3) is 0 Å². The van der Waals surface area contributed by atoms with Gasteiger partial charge >= 0.3 is 0 Å². The number of nitrogens with zero attached hydrogens (tertiary/aromatic N) is 2. The fraction of sp³-hybridized carbons (Fsp3) is 0.700. The van der Waals surface area contributed by atoms with E-state index >= 15 is 0 Å². The van der Waals surface area contributed by atoms with Crippen molar-refractivity contribution in [1.29, 1.82) is 0 Å². The largest absolute Gasteiger partial charge is 0.349 e. The van der Waals surface area contributed by atoms with Crippen LogP contribution in [0.1, 0.15) is 32.5 Å². The van der Waals surface area contributed by atoms with Crippen LogP contribution in [0.25, 0.3) is 0 Å². The third kappa shape index (κ3) is 2.45. The summed E-state index contributed by atoms with van der Waals surface area (Å²) in [6.07, 6.45) is 0. The average Bonchev–Trinajstić information content (AvgIpc) is 2.64. The molecule has 0 amide bonds. The molecule has 0 saturated carbocycles. The molecule has 1 atom stereocenters. The SMILES string of the molecule is CNC(C)c1csc(N(C)C(C)C)n1. The van der Waals surface area contributed by atoms with Crippen molar-refractivity contribution in [1.82, 2.24) is 10.3 Å². The van der Waals surface area contributed by atoms with Crippen LogP contribution in [0.5, 0.6) is 0 Å². The molecule has 14 heavy (non-hydrogen) atoms. The highest BCUT2D eigenvalue weighted by atomic mass is 32.1. The van der Waals surface area contributed by atoms with E-state index in [4.69, 9.17) is 0 Å². The topological polar surface area (TPSA) is 28.2 Å². The first kappa shape index (κ1) is 11.5. The molecule has 0 bridgehead atoms. The molecule has 1 unspecified atom stereocenters. The summed E-state index contributed by atoms with van der Waals surface area (Å²) >= 11 is 1.70. The van der Waals surface area contributed by atoms with E-state index in [1.807, 2.05) is 7.05 Å². The Kier molecular flexibility index (Phi) is 3.89. The van der Waals surface area contributed by atoms with Gasteiger partial charge in [-0.25, -0.2) is 4.98 Å². The van der Waals surface area contributed by atoms with Crippen LogP contribution >= 0.6 is 11.3 Å². The molecule has 0 aromatic carbocycles. The molecule has 3 nitrogen and oxygen atoms in total. The summed E-state index contributed by atoms with van der Waals surface area (Å²) in [6, 6.07) is 0.833. The van der Waals surface area contributed by atoms with Crippen LogP contribution in [-0.4, -0.2) is 25.1 Å². The molecule has 0 radical (unpaired) electrons. The summed E-state index contributed by atoms with van der Waals surface area (Å²) in [5.74, 6) is 0. The summed E-state index contributed by atoms with van der Waals surface area (Å²) in [5.41, 5.74) is 1.13. The number of anilines is 1. The quantitative estimate of drug-likeness (QED) is 0.831. The average molecular weight is 213 g/mol. The highest BCUT2D eigenvalue weighted by Gasteiger charge is 2.12. The minimum Gasteiger partial charge on any atom is -0.349 e. The second-order valence-corrected chi connectivity index (χ2v) is 4.61. The molecule has 1 aromatic rings. The van der Waals surface area contributed by atoms with Gasteiger partial charge in [-0.3, -0.25) is 0 Å². The Balaban J connectivity index is 2.77. The van der Waals surface area contributed by atoms with Crippen molar-refractivity contribution in [2.45, 2.75) is 32.9 Å². The zero-order valence-corrected chi connectivity index (χ0v) is 10.4. The lowest BCUT2D eigenvalue weighted by Crippen LogP contribution is -2.25. The van der Waals surface area contributed by atoms with E-state index in [1.54, 1.807) is 11.3 Å². The molecule has 1 rings (SSSR count). The van der Waals surface area contributed by atoms with Crippen molar-refractivity contribution < 1.29 is 0 Å². The Hall–Kier alpha value is -0.610. The molecule has 4 heteroatoms. The summed E-state index contributed by atoms with van der Waals surface area (Å²) < 4.78 is 0. The van der Waals surface area contributed by atoms with Crippen molar-refractivity contribution in [3.8, 4) is 0 Å². The Morgan fingerprint density at radius 2 is 2.07 bits per heavy atom. The number of nitrogens with one attached hydrogen (secondary N) is 1. The third-order valence-electron chi connectivity index (χ3n) is 2.46. The fourth-order valence-corrected chi connectivity index (χ4v) is 2.02. The lowest BCUT2D eigenvalue weighted by molar-refractivity contribution is 0.634. The molecule has 0 fully saturated rings. The number of thiazole rings is 1. The van der Waals surface area contributed by atoms with Gasteiger partial charge in [-0.1, -0.05) is 0 Å². The van der Waals surface area contributed by atoms with Crippen LogP contribution in [0.4, 0.5) is 5.13 Å². The molecule has 0 saturated heterocycles. The maximum absolute atomic E-state index is 4.58. The van der Waals surface area contributed by atoms with Gasteiger partial charge in [0.15, 0.2) is 5.13 Å². The molecular formula is C10H19N3S. The molecule has 0 aliphatic heterocycles. The van der Waals surface area contributed by atoms with Crippen molar-refractivity contribution in [3.05, 3.63) is 11.1 Å². The van der Waals surface area contributed by atoms with Gasteiger partial charge in [0.05, 0.1) is 5.69 Å². The maximum atomic E-state index is 4.58. The number of rotatable bonds is 4. The van der Waals surface area contributed by atoms with Gasteiger partial charge < -0.3 is 10.2 Å². The summed E-state index contributed by atoms with van der Waals surface area (Å²) in [6.45, 7) is 6.46. The first-order chi connectivity index (χ1) is 6.56. The first-order valence-electron chi connectivity index (χ1n) is 4.91. The van der Waals surface area contributed by atoms with Gasteiger partial charge in [0, 0.05) is 24.5 Å². The van der Waals surface area contributed by atoms with Crippen LogP contribution in [0, 0.1) is 0 Å². The fourth-order valence-electron chi connectivity index (χ4n) is 1.01. The van der Waals surface area contributed by atoms with E-state index in [-0.39, 0.29) is 0 Å². The minimum atomic E-state index is 0.334. The zero-order valence-electron chi connectivity index (χ0n) is 9.53. The Morgan fingerprint density at radius 1 is 1.43 bits per heavy atom. The molecule has 1 aromatic heterocycles. The molecule has 1 N–H and O–H groups in total.